The Hall–Kier alpha value is -3.53. The fourth-order valence-corrected chi connectivity index (χ4v) is 6.76. The van der Waals surface area contributed by atoms with E-state index in [-0.39, 0.29) is 59.3 Å². The van der Waals surface area contributed by atoms with Crippen molar-refractivity contribution in [3.8, 4) is 5.75 Å². The number of amides is 1. The van der Waals surface area contributed by atoms with Crippen molar-refractivity contribution in [3.63, 3.8) is 0 Å². The monoisotopic (exact) mass is 623 g/mol. The van der Waals surface area contributed by atoms with Crippen molar-refractivity contribution in [3.05, 3.63) is 66.4 Å². The number of imidazole rings is 1. The number of hydrogen-bond donors (Lipinski definition) is 2. The number of nitrogens with zero attached hydrogens (tertiary/aromatic N) is 4. The van der Waals surface area contributed by atoms with Gasteiger partial charge in [0.25, 0.3) is 20.0 Å². The van der Waals surface area contributed by atoms with Crippen molar-refractivity contribution in [2.75, 3.05) is 31.5 Å². The molecule has 2 aromatic carbocycles. The third-order valence-corrected chi connectivity index (χ3v) is 10.2. The zero-order valence-corrected chi connectivity index (χ0v) is 25.3. The molecule has 228 valence electrons. The summed E-state index contributed by atoms with van der Waals surface area (Å²) >= 11 is 0. The van der Waals surface area contributed by atoms with Gasteiger partial charge in [-0.05, 0) is 49.4 Å². The van der Waals surface area contributed by atoms with Crippen LogP contribution in [0, 0.1) is 11.7 Å². The van der Waals surface area contributed by atoms with E-state index in [1.165, 1.54) is 47.2 Å². The van der Waals surface area contributed by atoms with Gasteiger partial charge in [0, 0.05) is 44.0 Å². The summed E-state index contributed by atoms with van der Waals surface area (Å²) in [4.78, 5) is 18.8. The lowest BCUT2D eigenvalue weighted by Crippen LogP contribution is -2.48. The minimum atomic E-state index is -4.07. The van der Waals surface area contributed by atoms with Crippen LogP contribution in [-0.4, -0.2) is 85.5 Å². The number of sulfonamides is 2. The molecule has 4 rings (SSSR count). The Bertz CT molecular complexity index is 1650. The molecule has 42 heavy (non-hydrogen) atoms. The number of rotatable bonds is 9. The Balaban J connectivity index is 1.68. The van der Waals surface area contributed by atoms with Gasteiger partial charge < -0.3 is 19.3 Å². The van der Waals surface area contributed by atoms with E-state index in [1.54, 1.807) is 14.0 Å². The van der Waals surface area contributed by atoms with Crippen LogP contribution in [0.15, 0.2) is 64.9 Å². The van der Waals surface area contributed by atoms with Gasteiger partial charge in [-0.3, -0.25) is 9.52 Å². The van der Waals surface area contributed by atoms with Crippen molar-refractivity contribution < 1.29 is 35.9 Å². The molecule has 3 aromatic rings. The van der Waals surface area contributed by atoms with Crippen LogP contribution in [0.25, 0.3) is 0 Å². The number of fused-ring (bicyclic) bond motifs is 1. The molecular weight excluding hydrogens is 589 g/mol. The summed E-state index contributed by atoms with van der Waals surface area (Å²) in [6, 6.07) is 8.27. The molecule has 0 fully saturated rings. The summed E-state index contributed by atoms with van der Waals surface area (Å²) in [6.07, 6.45) is 1.89. The number of carbonyl (C=O) groups is 1. The van der Waals surface area contributed by atoms with Gasteiger partial charge in [0.05, 0.1) is 36.8 Å². The third kappa shape index (κ3) is 6.91. The zero-order chi connectivity index (χ0) is 30.8. The normalized spacial score (nSPS) is 18.9. The Morgan fingerprint density at radius 1 is 1.19 bits per heavy atom. The van der Waals surface area contributed by atoms with Crippen LogP contribution in [0.4, 0.5) is 10.1 Å². The van der Waals surface area contributed by atoms with Crippen molar-refractivity contribution in [1.29, 1.82) is 0 Å². The van der Waals surface area contributed by atoms with Gasteiger partial charge in [-0.1, -0.05) is 6.92 Å². The number of aliphatic hydroxyl groups is 1. The van der Waals surface area contributed by atoms with E-state index in [4.69, 9.17) is 4.74 Å². The maximum atomic E-state index is 13.4. The highest BCUT2D eigenvalue weighted by molar-refractivity contribution is 7.92. The lowest BCUT2D eigenvalue weighted by atomic mass is 10.0. The first kappa shape index (κ1) is 31.4. The van der Waals surface area contributed by atoms with E-state index in [0.717, 1.165) is 28.6 Å². The highest BCUT2D eigenvalue weighted by Gasteiger charge is 2.34. The van der Waals surface area contributed by atoms with Crippen molar-refractivity contribution in [1.82, 2.24) is 18.8 Å². The number of nitrogens with one attached hydrogen (secondary N) is 1. The first-order valence-corrected chi connectivity index (χ1v) is 16.1. The second-order valence-electron chi connectivity index (χ2n) is 10.4. The molecule has 15 heteroatoms. The van der Waals surface area contributed by atoms with Gasteiger partial charge in [0.1, 0.15) is 17.7 Å². The number of aryl methyl sites for hydroxylation is 1. The number of ether oxygens (including phenoxy) is 1. The van der Waals surface area contributed by atoms with Crippen LogP contribution in [0.3, 0.4) is 0 Å². The standard InChI is InChI=1S/C27H34FN5O7S2/c1-18-13-33(19(2)16-34)27(35)12-20-11-22(30-41(36,37)23-8-5-21(28)6-9-23)7-10-24(20)40-25(18)14-32(4)42(38,39)26-15-31(3)17-29-26/h5-11,15,17-19,25,30,34H,12-14,16H2,1-4H3/t18-,19-,25+/m0/s1. The number of aliphatic hydroxyl groups excluding tert-OH is 1. The Kier molecular flexibility index (Phi) is 9.25. The average molecular weight is 624 g/mol. The number of hydrogen-bond acceptors (Lipinski definition) is 8. The number of halogens is 1. The van der Waals surface area contributed by atoms with E-state index in [1.807, 2.05) is 6.92 Å². The van der Waals surface area contributed by atoms with Gasteiger partial charge in [-0.2, -0.15) is 4.31 Å². The molecule has 0 unspecified atom stereocenters. The smallest absolute Gasteiger partial charge is 0.261 e. The van der Waals surface area contributed by atoms with Gasteiger partial charge in [-0.15, -0.1) is 0 Å². The molecule has 12 nitrogen and oxygen atoms in total. The van der Waals surface area contributed by atoms with Crippen molar-refractivity contribution in [2.24, 2.45) is 13.0 Å². The molecule has 1 aliphatic rings. The van der Waals surface area contributed by atoms with Crippen molar-refractivity contribution in [2.45, 2.75) is 42.3 Å². The number of likely N-dealkylation sites (N-methyl/N-ethyl adjacent to an activating group) is 1. The first-order valence-electron chi connectivity index (χ1n) is 13.1. The minimum Gasteiger partial charge on any atom is -0.488 e. The quantitative estimate of drug-likeness (QED) is 0.367. The van der Waals surface area contributed by atoms with Gasteiger partial charge >= 0.3 is 0 Å². The number of anilines is 1. The molecule has 0 bridgehead atoms. The number of benzene rings is 2. The molecule has 0 saturated carbocycles. The Morgan fingerprint density at radius 2 is 1.88 bits per heavy atom. The van der Waals surface area contributed by atoms with Gasteiger partial charge in [0.2, 0.25) is 5.91 Å². The molecular formula is C27H34FN5O7S2. The predicted molar refractivity (Wildman–Crippen MR) is 152 cm³/mol. The summed E-state index contributed by atoms with van der Waals surface area (Å²) in [7, 11) is -4.94. The Morgan fingerprint density at radius 3 is 2.50 bits per heavy atom. The van der Waals surface area contributed by atoms with Crippen LogP contribution in [0.2, 0.25) is 0 Å². The van der Waals surface area contributed by atoms with E-state index in [2.05, 4.69) is 9.71 Å². The predicted octanol–water partition coefficient (Wildman–Crippen LogP) is 1.83. The van der Waals surface area contributed by atoms with E-state index >= 15 is 0 Å². The van der Waals surface area contributed by atoms with Crippen LogP contribution < -0.4 is 9.46 Å². The maximum Gasteiger partial charge on any atom is 0.261 e. The molecule has 3 atom stereocenters. The number of carbonyl (C=O) groups excluding carboxylic acids is 1. The Labute approximate surface area is 244 Å². The van der Waals surface area contributed by atoms with Gasteiger partial charge in [-0.25, -0.2) is 26.2 Å². The maximum absolute atomic E-state index is 13.4. The van der Waals surface area contributed by atoms with Crippen molar-refractivity contribution >= 4 is 31.6 Å². The fraction of sp³-hybridized carbons (Fsp3) is 0.407. The topological polar surface area (TPSA) is 151 Å². The largest absolute Gasteiger partial charge is 0.488 e. The molecule has 1 aromatic heterocycles. The minimum absolute atomic E-state index is 0.0754. The summed E-state index contributed by atoms with van der Waals surface area (Å²) in [5.74, 6) is -0.980. The SMILES string of the molecule is C[C@H]1CN([C@@H](C)CO)C(=O)Cc2cc(NS(=O)(=O)c3ccc(F)cc3)ccc2O[C@@H]1CN(C)S(=O)(=O)c1cn(C)cn1. The summed E-state index contributed by atoms with van der Waals surface area (Å²) < 4.78 is 76.9. The second-order valence-corrected chi connectivity index (χ2v) is 14.1. The molecule has 1 amide bonds. The summed E-state index contributed by atoms with van der Waals surface area (Å²) in [5, 5.41) is 9.72. The molecule has 0 radical (unpaired) electrons. The lowest BCUT2D eigenvalue weighted by molar-refractivity contribution is -0.134. The third-order valence-electron chi connectivity index (χ3n) is 7.09. The number of aromatic nitrogens is 2. The molecule has 2 heterocycles. The van der Waals surface area contributed by atoms with Gasteiger partial charge in [0.15, 0.2) is 5.03 Å². The lowest BCUT2D eigenvalue weighted by Gasteiger charge is -2.33. The second kappa shape index (κ2) is 12.4. The zero-order valence-electron chi connectivity index (χ0n) is 23.6. The molecule has 0 saturated heterocycles. The summed E-state index contributed by atoms with van der Waals surface area (Å²) in [5.41, 5.74) is 0.513. The molecule has 1 aliphatic heterocycles. The molecule has 2 N–H and O–H groups in total. The highest BCUT2D eigenvalue weighted by atomic mass is 32.2. The van der Waals surface area contributed by atoms with E-state index in [0.29, 0.717) is 5.56 Å². The van der Waals surface area contributed by atoms with Crippen LogP contribution in [0.1, 0.15) is 19.4 Å². The first-order chi connectivity index (χ1) is 19.7. The van der Waals surface area contributed by atoms with Crippen LogP contribution >= 0.6 is 0 Å². The fourth-order valence-electron chi connectivity index (χ4n) is 4.57. The van der Waals surface area contributed by atoms with E-state index < -0.39 is 38.0 Å². The molecule has 0 aliphatic carbocycles. The van der Waals surface area contributed by atoms with Crippen LogP contribution in [0.5, 0.6) is 5.75 Å². The van der Waals surface area contributed by atoms with Crippen LogP contribution in [-0.2, 0) is 38.3 Å². The van der Waals surface area contributed by atoms with E-state index in [9.17, 15) is 31.1 Å². The average Bonchev–Trinajstić information content (AvgIpc) is 3.39. The molecule has 0 spiro atoms. The highest BCUT2D eigenvalue weighted by Crippen LogP contribution is 2.30. The summed E-state index contributed by atoms with van der Waals surface area (Å²) in [6.45, 7) is 3.34.